The van der Waals surface area contributed by atoms with E-state index in [-0.39, 0.29) is 17.2 Å². The Hall–Kier alpha value is 2.32. The lowest BCUT2D eigenvalue weighted by molar-refractivity contribution is 0.144. The Labute approximate surface area is 146 Å². The van der Waals surface area contributed by atoms with E-state index in [9.17, 15) is 0 Å². The van der Waals surface area contributed by atoms with Crippen molar-refractivity contribution in [2.45, 2.75) is 32.2 Å². The van der Waals surface area contributed by atoms with Crippen LogP contribution in [0.4, 0.5) is 0 Å². The molecular formula is C10H10Cl8. The molecule has 4 atom stereocenters. The minimum atomic E-state index is -1.01. The largest absolute Gasteiger partial charge is 0.126 e. The summed E-state index contributed by atoms with van der Waals surface area (Å²) in [5.74, 6) is -0.0660. The number of hydrogen-bond acceptors (Lipinski definition) is 0. The predicted molar refractivity (Wildman–Crippen MR) is 83.4 cm³/mol. The molecule has 0 nitrogen and oxygen atoms in total. The van der Waals surface area contributed by atoms with Crippen LogP contribution in [0.2, 0.25) is 0 Å². The molecule has 0 aromatic heterocycles. The van der Waals surface area contributed by atoms with Gasteiger partial charge >= 0.3 is 0 Å². The van der Waals surface area contributed by atoms with Gasteiger partial charge in [-0.05, 0) is 12.8 Å². The molecule has 0 aliphatic heterocycles. The van der Waals surface area contributed by atoms with Crippen LogP contribution in [0.15, 0.2) is 0 Å². The van der Waals surface area contributed by atoms with E-state index in [1.54, 1.807) is 0 Å². The van der Waals surface area contributed by atoms with E-state index in [2.05, 4.69) is 0 Å². The van der Waals surface area contributed by atoms with Crippen molar-refractivity contribution in [3.8, 4) is 0 Å². The van der Waals surface area contributed by atoms with Crippen LogP contribution in [0.5, 0.6) is 0 Å². The molecule has 2 unspecified atom stereocenters. The summed E-state index contributed by atoms with van der Waals surface area (Å²) in [4.78, 5) is -1.58. The standard InChI is InChI=1S/C10H10Cl8/c11-3-9(7(15)16)4-1-5(12)8(9,6(13)14)2-10(4,17)18/h4-7H,1-3H2/t4-,5-,8?,9?/m0/s1. The van der Waals surface area contributed by atoms with E-state index in [1.165, 1.54) is 0 Å². The predicted octanol–water partition coefficient (Wildman–Crippen LogP) is 6.01. The summed E-state index contributed by atoms with van der Waals surface area (Å²) in [6.07, 6.45) is 0.884. The lowest BCUT2D eigenvalue weighted by Gasteiger charge is -2.45. The molecule has 2 aliphatic rings. The molecule has 2 aliphatic carbocycles. The highest BCUT2D eigenvalue weighted by Crippen LogP contribution is 2.77. The van der Waals surface area contributed by atoms with Crippen LogP contribution in [-0.2, 0) is 0 Å². The van der Waals surface area contributed by atoms with Crippen LogP contribution >= 0.6 is 92.8 Å². The Morgan fingerprint density at radius 1 is 1.06 bits per heavy atom. The first-order chi connectivity index (χ1) is 8.16. The lowest BCUT2D eigenvalue weighted by atomic mass is 9.70. The van der Waals surface area contributed by atoms with Gasteiger partial charge in [0.25, 0.3) is 0 Å². The summed E-state index contributed by atoms with van der Waals surface area (Å²) < 4.78 is -1.01. The molecule has 0 aromatic rings. The number of alkyl halides is 8. The monoisotopic (exact) mass is 410 g/mol. The maximum atomic E-state index is 6.43. The summed E-state index contributed by atoms with van der Waals surface area (Å²) >= 11 is 50.1. The van der Waals surface area contributed by atoms with Gasteiger partial charge in [-0.1, -0.05) is 0 Å². The fraction of sp³-hybridized carbons (Fsp3) is 1.00. The highest BCUT2D eigenvalue weighted by molar-refractivity contribution is 6.51. The summed E-state index contributed by atoms with van der Waals surface area (Å²) in [6, 6.07) is 0. The molecule has 0 N–H and O–H groups in total. The van der Waals surface area contributed by atoms with Crippen molar-refractivity contribution < 1.29 is 0 Å². The average molecular weight is 414 g/mol. The first-order valence-corrected chi connectivity index (χ1v) is 8.78. The second-order valence-corrected chi connectivity index (χ2v) is 9.54. The molecule has 2 bridgehead atoms. The van der Waals surface area contributed by atoms with Crippen LogP contribution in [0.25, 0.3) is 0 Å². The van der Waals surface area contributed by atoms with Crippen molar-refractivity contribution in [2.24, 2.45) is 16.7 Å². The number of hydrogen-bond donors (Lipinski definition) is 0. The van der Waals surface area contributed by atoms with E-state index in [1.807, 2.05) is 0 Å². The van der Waals surface area contributed by atoms with Crippen molar-refractivity contribution in [1.82, 2.24) is 0 Å². The SMILES string of the molecule is ClCC1(C(Cl)Cl)[C@@H]2C[C@H](Cl)C1(C(Cl)Cl)CC2(Cl)Cl. The van der Waals surface area contributed by atoms with Crippen LogP contribution < -0.4 is 0 Å². The Kier molecular flexibility index (Phi) is 4.82. The molecule has 0 heterocycles. The quantitative estimate of drug-likeness (QED) is 0.497. The first-order valence-electron chi connectivity index (χ1n) is 5.31. The van der Waals surface area contributed by atoms with Crippen LogP contribution in [0.3, 0.4) is 0 Å². The summed E-state index contributed by atoms with van der Waals surface area (Å²) in [7, 11) is 0. The number of rotatable bonds is 3. The van der Waals surface area contributed by atoms with Gasteiger partial charge in [0, 0.05) is 28.0 Å². The summed E-state index contributed by atoms with van der Waals surface area (Å²) in [5.41, 5.74) is -1.55. The molecule has 0 saturated heterocycles. The van der Waals surface area contributed by atoms with E-state index in [0.29, 0.717) is 12.8 Å². The van der Waals surface area contributed by atoms with Crippen molar-refractivity contribution in [3.05, 3.63) is 0 Å². The molecule has 106 valence electrons. The highest BCUT2D eigenvalue weighted by atomic mass is 35.5. The Morgan fingerprint density at radius 3 is 1.94 bits per heavy atom. The topological polar surface area (TPSA) is 0 Å². The van der Waals surface area contributed by atoms with E-state index < -0.39 is 24.8 Å². The maximum absolute atomic E-state index is 6.43. The Bertz CT molecular complexity index is 335. The minimum Gasteiger partial charge on any atom is -0.126 e. The molecule has 18 heavy (non-hydrogen) atoms. The van der Waals surface area contributed by atoms with E-state index in [4.69, 9.17) is 92.8 Å². The van der Waals surface area contributed by atoms with Crippen LogP contribution in [-0.4, -0.2) is 25.3 Å². The van der Waals surface area contributed by atoms with Gasteiger partial charge in [-0.15, -0.1) is 92.8 Å². The Balaban J connectivity index is 2.64. The third kappa shape index (κ3) is 1.86. The van der Waals surface area contributed by atoms with Gasteiger partial charge < -0.3 is 0 Å². The fourth-order valence-corrected chi connectivity index (χ4v) is 7.83. The normalized spacial score (nSPS) is 46.3. The lowest BCUT2D eigenvalue weighted by Crippen LogP contribution is -2.50. The average Bonchev–Trinajstić information content (AvgIpc) is 2.61. The molecule has 0 amide bonds. The van der Waals surface area contributed by atoms with Crippen molar-refractivity contribution in [2.75, 3.05) is 5.88 Å². The van der Waals surface area contributed by atoms with Crippen molar-refractivity contribution in [3.63, 3.8) is 0 Å². The van der Waals surface area contributed by atoms with Gasteiger partial charge in [0.15, 0.2) is 0 Å². The zero-order chi connectivity index (χ0) is 13.9. The molecular weight excluding hydrogens is 404 g/mol. The van der Waals surface area contributed by atoms with Crippen LogP contribution in [0.1, 0.15) is 12.8 Å². The smallest absolute Gasteiger partial charge is 0.122 e. The molecule has 0 aromatic carbocycles. The van der Waals surface area contributed by atoms with E-state index >= 15 is 0 Å². The molecule has 2 rings (SSSR count). The van der Waals surface area contributed by atoms with E-state index in [0.717, 1.165) is 0 Å². The molecule has 0 spiro atoms. The van der Waals surface area contributed by atoms with Crippen LogP contribution in [0, 0.1) is 16.7 Å². The molecule has 2 saturated carbocycles. The third-order valence-corrected chi connectivity index (χ3v) is 7.89. The number of halogens is 8. The summed E-state index contributed by atoms with van der Waals surface area (Å²) in [5, 5.41) is -0.299. The maximum Gasteiger partial charge on any atom is 0.122 e. The van der Waals surface area contributed by atoms with Gasteiger partial charge in [-0.3, -0.25) is 0 Å². The van der Waals surface area contributed by atoms with Gasteiger partial charge in [-0.25, -0.2) is 0 Å². The molecule has 2 fully saturated rings. The van der Waals surface area contributed by atoms with Gasteiger partial charge in [0.05, 0.1) is 0 Å². The fourth-order valence-electron chi connectivity index (χ4n) is 3.63. The highest BCUT2D eigenvalue weighted by Gasteiger charge is 2.79. The second kappa shape index (κ2) is 5.20. The molecule has 0 radical (unpaired) electrons. The van der Waals surface area contributed by atoms with Gasteiger partial charge in [0.2, 0.25) is 0 Å². The van der Waals surface area contributed by atoms with Crippen molar-refractivity contribution >= 4 is 92.8 Å². The molecule has 8 heteroatoms. The second-order valence-electron chi connectivity index (χ2n) is 5.01. The van der Waals surface area contributed by atoms with Gasteiger partial charge in [0.1, 0.15) is 14.0 Å². The summed E-state index contributed by atoms with van der Waals surface area (Å²) in [6.45, 7) is 0. The minimum absolute atomic E-state index is 0.162. The van der Waals surface area contributed by atoms with Crippen molar-refractivity contribution in [1.29, 1.82) is 0 Å². The first kappa shape index (κ1) is 16.7. The Morgan fingerprint density at radius 2 is 1.61 bits per heavy atom. The third-order valence-electron chi connectivity index (χ3n) is 4.53. The number of fused-ring (bicyclic) bond motifs is 2. The zero-order valence-electron chi connectivity index (χ0n) is 8.95. The van der Waals surface area contributed by atoms with Gasteiger partial charge in [-0.2, -0.15) is 0 Å². The zero-order valence-corrected chi connectivity index (χ0v) is 15.0.